The van der Waals surface area contributed by atoms with E-state index in [2.05, 4.69) is 48.4 Å². The second kappa shape index (κ2) is 6.14. The van der Waals surface area contributed by atoms with E-state index in [9.17, 15) is 0 Å². The Balaban J connectivity index is 2.24. The van der Waals surface area contributed by atoms with Crippen molar-refractivity contribution in [3.8, 4) is 0 Å². The summed E-state index contributed by atoms with van der Waals surface area (Å²) in [5.41, 5.74) is 1.38. The molecule has 0 saturated carbocycles. The molecule has 1 heterocycles. The average molecular weight is 212 g/mol. The fourth-order valence-electron chi connectivity index (χ4n) is 1.29. The molecule has 3 heteroatoms. The number of nitrogens with zero attached hydrogens (tertiary/aromatic N) is 1. The molecule has 80 valence electrons. The molecule has 1 aromatic heterocycles. The molecule has 14 heavy (non-hydrogen) atoms. The van der Waals surface area contributed by atoms with Crippen LogP contribution in [0.4, 0.5) is 0 Å². The summed E-state index contributed by atoms with van der Waals surface area (Å²) in [5.74, 6) is 0. The molecule has 0 aliphatic carbocycles. The molecule has 1 aromatic rings. The SMILES string of the molecule is CCn1ccc(CNCC(C)SC)c1. The highest BCUT2D eigenvalue weighted by atomic mass is 32.2. The van der Waals surface area contributed by atoms with Crippen molar-refractivity contribution in [1.29, 1.82) is 0 Å². The van der Waals surface area contributed by atoms with Crippen LogP contribution in [0.1, 0.15) is 19.4 Å². The van der Waals surface area contributed by atoms with Gasteiger partial charge in [0.2, 0.25) is 0 Å². The molecule has 0 aliphatic heterocycles. The molecular weight excluding hydrogens is 192 g/mol. The molecular formula is C11H20N2S. The van der Waals surface area contributed by atoms with Crippen molar-refractivity contribution in [2.75, 3.05) is 12.8 Å². The van der Waals surface area contributed by atoms with Crippen LogP contribution in [-0.2, 0) is 13.1 Å². The molecule has 0 aromatic carbocycles. The Morgan fingerprint density at radius 2 is 2.36 bits per heavy atom. The van der Waals surface area contributed by atoms with Gasteiger partial charge in [0.25, 0.3) is 0 Å². The fourth-order valence-corrected chi connectivity index (χ4v) is 1.58. The van der Waals surface area contributed by atoms with Crippen molar-refractivity contribution >= 4 is 11.8 Å². The molecule has 0 saturated heterocycles. The monoisotopic (exact) mass is 212 g/mol. The molecule has 2 nitrogen and oxygen atoms in total. The van der Waals surface area contributed by atoms with Crippen LogP contribution in [-0.4, -0.2) is 22.6 Å². The topological polar surface area (TPSA) is 17.0 Å². The lowest BCUT2D eigenvalue weighted by molar-refractivity contribution is 0.681. The van der Waals surface area contributed by atoms with Gasteiger partial charge in [-0.25, -0.2) is 0 Å². The highest BCUT2D eigenvalue weighted by Gasteiger charge is 1.99. The van der Waals surface area contributed by atoms with E-state index >= 15 is 0 Å². The molecule has 0 aliphatic rings. The van der Waals surface area contributed by atoms with E-state index in [0.717, 1.165) is 19.6 Å². The van der Waals surface area contributed by atoms with Gasteiger partial charge in [0.1, 0.15) is 0 Å². The van der Waals surface area contributed by atoms with Gasteiger partial charge in [0.05, 0.1) is 0 Å². The summed E-state index contributed by atoms with van der Waals surface area (Å²) >= 11 is 1.90. The quantitative estimate of drug-likeness (QED) is 0.779. The van der Waals surface area contributed by atoms with Gasteiger partial charge in [-0.1, -0.05) is 6.92 Å². The highest BCUT2D eigenvalue weighted by Crippen LogP contribution is 2.04. The molecule has 1 unspecified atom stereocenters. The number of rotatable bonds is 6. The molecule has 0 radical (unpaired) electrons. The van der Waals surface area contributed by atoms with Crippen molar-refractivity contribution in [2.24, 2.45) is 0 Å². The van der Waals surface area contributed by atoms with Crippen LogP contribution in [0.5, 0.6) is 0 Å². The Morgan fingerprint density at radius 1 is 1.57 bits per heavy atom. The zero-order chi connectivity index (χ0) is 10.4. The summed E-state index contributed by atoms with van der Waals surface area (Å²) in [4.78, 5) is 0. The van der Waals surface area contributed by atoms with Gasteiger partial charge >= 0.3 is 0 Å². The zero-order valence-electron chi connectivity index (χ0n) is 9.29. The van der Waals surface area contributed by atoms with Crippen LogP contribution < -0.4 is 5.32 Å². The zero-order valence-corrected chi connectivity index (χ0v) is 10.1. The minimum Gasteiger partial charge on any atom is -0.354 e. The van der Waals surface area contributed by atoms with Gasteiger partial charge in [-0.15, -0.1) is 0 Å². The first kappa shape index (κ1) is 11.7. The number of hydrogen-bond donors (Lipinski definition) is 1. The number of thioether (sulfide) groups is 1. The summed E-state index contributed by atoms with van der Waals surface area (Å²) in [7, 11) is 0. The maximum Gasteiger partial charge on any atom is 0.0220 e. The van der Waals surface area contributed by atoms with E-state index in [1.54, 1.807) is 0 Å². The molecule has 0 fully saturated rings. The number of aromatic nitrogens is 1. The summed E-state index contributed by atoms with van der Waals surface area (Å²) in [6.07, 6.45) is 6.49. The summed E-state index contributed by atoms with van der Waals surface area (Å²) in [6.45, 7) is 7.53. The van der Waals surface area contributed by atoms with Gasteiger partial charge in [0.15, 0.2) is 0 Å². The van der Waals surface area contributed by atoms with E-state index in [4.69, 9.17) is 0 Å². The van der Waals surface area contributed by atoms with Gasteiger partial charge < -0.3 is 9.88 Å². The predicted molar refractivity (Wildman–Crippen MR) is 64.8 cm³/mol. The molecule has 1 rings (SSSR count). The normalized spacial score (nSPS) is 13.1. The van der Waals surface area contributed by atoms with E-state index in [0.29, 0.717) is 5.25 Å². The minimum atomic E-state index is 0.697. The number of nitrogens with one attached hydrogen (secondary N) is 1. The summed E-state index contributed by atoms with van der Waals surface area (Å²) < 4.78 is 2.20. The first-order chi connectivity index (χ1) is 6.76. The van der Waals surface area contributed by atoms with Crippen LogP contribution >= 0.6 is 11.8 Å². The van der Waals surface area contributed by atoms with Crippen LogP contribution in [0.15, 0.2) is 18.5 Å². The van der Waals surface area contributed by atoms with Gasteiger partial charge in [-0.05, 0) is 24.8 Å². The maximum absolute atomic E-state index is 3.46. The second-order valence-electron chi connectivity index (χ2n) is 3.53. The molecule has 0 bridgehead atoms. The van der Waals surface area contributed by atoms with E-state index in [1.807, 2.05) is 11.8 Å². The predicted octanol–water partition coefficient (Wildman–Crippen LogP) is 2.35. The Kier molecular flexibility index (Phi) is 5.12. The molecule has 1 N–H and O–H groups in total. The van der Waals surface area contributed by atoms with Crippen molar-refractivity contribution in [2.45, 2.75) is 32.2 Å². The standard InChI is InChI=1S/C11H20N2S/c1-4-13-6-5-11(9-13)8-12-7-10(2)14-3/h5-6,9-10,12H,4,7-8H2,1-3H3. The van der Waals surface area contributed by atoms with Gasteiger partial charge in [-0.2, -0.15) is 11.8 Å². The first-order valence-corrected chi connectivity index (χ1v) is 6.43. The minimum absolute atomic E-state index is 0.697. The third-order valence-electron chi connectivity index (χ3n) is 2.34. The fraction of sp³-hybridized carbons (Fsp3) is 0.636. The van der Waals surface area contributed by atoms with Crippen molar-refractivity contribution in [3.05, 3.63) is 24.0 Å². The van der Waals surface area contributed by atoms with Crippen LogP contribution in [0.2, 0.25) is 0 Å². The second-order valence-corrected chi connectivity index (χ2v) is 4.80. The Morgan fingerprint density at radius 3 is 2.93 bits per heavy atom. The Hall–Kier alpha value is -0.410. The lowest BCUT2D eigenvalue weighted by Crippen LogP contribution is -2.21. The van der Waals surface area contributed by atoms with Crippen LogP contribution in [0.3, 0.4) is 0 Å². The van der Waals surface area contributed by atoms with Crippen LogP contribution in [0, 0.1) is 0 Å². The first-order valence-electron chi connectivity index (χ1n) is 5.14. The molecule has 1 atom stereocenters. The Bertz CT molecular complexity index is 258. The van der Waals surface area contributed by atoms with Crippen molar-refractivity contribution < 1.29 is 0 Å². The largest absolute Gasteiger partial charge is 0.354 e. The number of aryl methyl sites for hydroxylation is 1. The summed E-state index contributed by atoms with van der Waals surface area (Å²) in [6, 6.07) is 2.18. The van der Waals surface area contributed by atoms with Crippen molar-refractivity contribution in [1.82, 2.24) is 9.88 Å². The number of hydrogen-bond acceptors (Lipinski definition) is 2. The maximum atomic E-state index is 3.46. The van der Waals surface area contributed by atoms with Gasteiger partial charge in [-0.3, -0.25) is 0 Å². The lowest BCUT2D eigenvalue weighted by Gasteiger charge is -2.08. The lowest BCUT2D eigenvalue weighted by atomic mass is 10.3. The Labute approximate surface area is 91.1 Å². The third kappa shape index (κ3) is 3.76. The van der Waals surface area contributed by atoms with Gasteiger partial charge in [0, 0.05) is 37.3 Å². The van der Waals surface area contributed by atoms with E-state index in [1.165, 1.54) is 5.56 Å². The average Bonchev–Trinajstić information content (AvgIpc) is 2.65. The highest BCUT2D eigenvalue weighted by molar-refractivity contribution is 7.99. The molecule has 0 amide bonds. The van der Waals surface area contributed by atoms with E-state index < -0.39 is 0 Å². The van der Waals surface area contributed by atoms with E-state index in [-0.39, 0.29) is 0 Å². The third-order valence-corrected chi connectivity index (χ3v) is 3.31. The summed E-state index contributed by atoms with van der Waals surface area (Å²) in [5, 5.41) is 4.15. The van der Waals surface area contributed by atoms with Crippen molar-refractivity contribution in [3.63, 3.8) is 0 Å². The smallest absolute Gasteiger partial charge is 0.0220 e. The molecule has 0 spiro atoms. The van der Waals surface area contributed by atoms with Crippen LogP contribution in [0.25, 0.3) is 0 Å².